The second kappa shape index (κ2) is 4.96. The van der Waals surface area contributed by atoms with Gasteiger partial charge in [-0.2, -0.15) is 9.40 Å². The zero-order chi connectivity index (χ0) is 12.5. The van der Waals surface area contributed by atoms with Gasteiger partial charge in [0.2, 0.25) is 0 Å². The quantitative estimate of drug-likeness (QED) is 0.803. The van der Waals surface area contributed by atoms with Crippen molar-refractivity contribution < 1.29 is 8.42 Å². The van der Waals surface area contributed by atoms with E-state index in [4.69, 9.17) is 11.6 Å². The van der Waals surface area contributed by atoms with Crippen LogP contribution >= 0.6 is 11.6 Å². The third-order valence-corrected chi connectivity index (χ3v) is 5.18. The molecule has 96 valence electrons. The van der Waals surface area contributed by atoms with Crippen molar-refractivity contribution >= 4 is 21.6 Å². The summed E-state index contributed by atoms with van der Waals surface area (Å²) in [5, 5.41) is 6.43. The minimum atomic E-state index is -3.47. The van der Waals surface area contributed by atoms with Crippen LogP contribution in [0.4, 0.5) is 0 Å². The average molecular weight is 278 g/mol. The van der Waals surface area contributed by atoms with Gasteiger partial charge in [0.05, 0.1) is 12.1 Å². The normalized spacial score (nSPS) is 16.6. The molecule has 0 atom stereocenters. The van der Waals surface area contributed by atoms with Gasteiger partial charge in [0.15, 0.2) is 5.03 Å². The van der Waals surface area contributed by atoms with Crippen LogP contribution in [0, 0.1) is 5.92 Å². The van der Waals surface area contributed by atoms with Crippen LogP contribution < -0.4 is 0 Å². The van der Waals surface area contributed by atoms with E-state index in [2.05, 4.69) is 10.2 Å². The van der Waals surface area contributed by atoms with E-state index in [1.807, 2.05) is 6.92 Å². The number of hydrogen-bond donors (Lipinski definition) is 1. The van der Waals surface area contributed by atoms with Crippen molar-refractivity contribution in [1.82, 2.24) is 14.5 Å². The summed E-state index contributed by atoms with van der Waals surface area (Å²) in [6, 6.07) is 0. The lowest BCUT2D eigenvalue weighted by Crippen LogP contribution is -2.33. The summed E-state index contributed by atoms with van der Waals surface area (Å²) in [4.78, 5) is 0. The average Bonchev–Trinajstić information content (AvgIpc) is 2.99. The molecule has 1 aliphatic rings. The van der Waals surface area contributed by atoms with Gasteiger partial charge in [0.1, 0.15) is 0 Å². The van der Waals surface area contributed by atoms with Crippen molar-refractivity contribution in [3.05, 3.63) is 11.8 Å². The maximum Gasteiger partial charge on any atom is 0.260 e. The molecular formula is C10H16ClN3O2S. The van der Waals surface area contributed by atoms with Crippen LogP contribution in [-0.2, 0) is 15.9 Å². The first kappa shape index (κ1) is 12.9. The third-order valence-electron chi connectivity index (χ3n) is 2.93. The number of hydrogen-bond acceptors (Lipinski definition) is 3. The number of alkyl halides is 1. The van der Waals surface area contributed by atoms with Crippen LogP contribution in [0.5, 0.6) is 0 Å². The van der Waals surface area contributed by atoms with Gasteiger partial charge in [-0.3, -0.25) is 5.10 Å². The summed E-state index contributed by atoms with van der Waals surface area (Å²) in [7, 11) is -3.47. The van der Waals surface area contributed by atoms with Crippen LogP contribution in [0.2, 0.25) is 0 Å². The van der Waals surface area contributed by atoms with Gasteiger partial charge in [0, 0.05) is 18.7 Å². The fourth-order valence-electron chi connectivity index (χ4n) is 1.73. The Bertz CT molecular complexity index is 481. The molecule has 7 heteroatoms. The lowest BCUT2D eigenvalue weighted by atomic mass is 10.4. The van der Waals surface area contributed by atoms with E-state index in [-0.39, 0.29) is 10.9 Å². The highest BCUT2D eigenvalue weighted by atomic mass is 35.5. The second-order valence-electron chi connectivity index (χ2n) is 4.26. The topological polar surface area (TPSA) is 66.1 Å². The number of sulfonamides is 1. The second-order valence-corrected chi connectivity index (χ2v) is 6.40. The third kappa shape index (κ3) is 2.64. The molecule has 5 nitrogen and oxygen atoms in total. The van der Waals surface area contributed by atoms with Gasteiger partial charge in [-0.25, -0.2) is 8.42 Å². The summed E-state index contributed by atoms with van der Waals surface area (Å²) >= 11 is 5.70. The first-order valence-corrected chi connectivity index (χ1v) is 7.65. The zero-order valence-electron chi connectivity index (χ0n) is 9.69. The van der Waals surface area contributed by atoms with Crippen LogP contribution in [-0.4, -0.2) is 36.0 Å². The van der Waals surface area contributed by atoms with Crippen molar-refractivity contribution in [2.45, 2.75) is 30.7 Å². The lowest BCUT2D eigenvalue weighted by Gasteiger charge is -2.19. The van der Waals surface area contributed by atoms with Crippen molar-refractivity contribution in [2.24, 2.45) is 5.92 Å². The number of aromatic nitrogens is 2. The summed E-state index contributed by atoms with van der Waals surface area (Å²) in [6.07, 6.45) is 3.71. The lowest BCUT2D eigenvalue weighted by molar-refractivity contribution is 0.409. The maximum atomic E-state index is 12.4. The van der Waals surface area contributed by atoms with Crippen molar-refractivity contribution in [3.63, 3.8) is 0 Å². The minimum Gasteiger partial charge on any atom is -0.266 e. The van der Waals surface area contributed by atoms with Gasteiger partial charge < -0.3 is 0 Å². The van der Waals surface area contributed by atoms with E-state index in [0.717, 1.165) is 12.8 Å². The molecule has 0 saturated heterocycles. The van der Waals surface area contributed by atoms with E-state index in [9.17, 15) is 8.42 Å². The molecule has 0 spiro atoms. The molecule has 1 saturated carbocycles. The van der Waals surface area contributed by atoms with Gasteiger partial charge in [0.25, 0.3) is 10.0 Å². The van der Waals surface area contributed by atoms with Crippen LogP contribution in [0.15, 0.2) is 11.2 Å². The van der Waals surface area contributed by atoms with Gasteiger partial charge >= 0.3 is 0 Å². The molecule has 1 fully saturated rings. The summed E-state index contributed by atoms with van der Waals surface area (Å²) in [5.41, 5.74) is 0.529. The number of H-pyrrole nitrogens is 1. The van der Waals surface area contributed by atoms with E-state index in [0.29, 0.717) is 24.6 Å². The van der Waals surface area contributed by atoms with Gasteiger partial charge in [-0.1, -0.05) is 6.92 Å². The monoisotopic (exact) mass is 277 g/mol. The number of nitrogens with zero attached hydrogens (tertiary/aromatic N) is 2. The van der Waals surface area contributed by atoms with Crippen molar-refractivity contribution in [2.75, 3.05) is 13.1 Å². The maximum absolute atomic E-state index is 12.4. The number of nitrogens with one attached hydrogen (secondary N) is 1. The Balaban J connectivity index is 2.26. The molecule has 0 bridgehead atoms. The van der Waals surface area contributed by atoms with Gasteiger partial charge in [-0.15, -0.1) is 11.6 Å². The van der Waals surface area contributed by atoms with E-state index < -0.39 is 10.0 Å². The predicted molar refractivity (Wildman–Crippen MR) is 65.3 cm³/mol. The molecule has 17 heavy (non-hydrogen) atoms. The highest BCUT2D eigenvalue weighted by Gasteiger charge is 2.32. The molecule has 0 amide bonds. The molecule has 1 aliphatic carbocycles. The van der Waals surface area contributed by atoms with Crippen LogP contribution in [0.25, 0.3) is 0 Å². The fraction of sp³-hybridized carbons (Fsp3) is 0.700. The number of rotatable bonds is 6. The zero-order valence-corrected chi connectivity index (χ0v) is 11.3. The predicted octanol–water partition coefficient (Wildman–Crippen LogP) is 1.57. The van der Waals surface area contributed by atoms with E-state index in [1.54, 1.807) is 0 Å². The highest BCUT2D eigenvalue weighted by Crippen LogP contribution is 2.31. The Morgan fingerprint density at radius 3 is 2.82 bits per heavy atom. The summed E-state index contributed by atoms with van der Waals surface area (Å²) in [5.74, 6) is 0.665. The molecule has 1 N–H and O–H groups in total. The SMILES string of the molecule is CCN(CC1CC1)S(=O)(=O)c1[nH]ncc1CCl. The van der Waals surface area contributed by atoms with E-state index >= 15 is 0 Å². The van der Waals surface area contributed by atoms with Crippen LogP contribution in [0.3, 0.4) is 0 Å². The standard InChI is InChI=1S/C10H16ClN3O2S/c1-2-14(7-8-3-4-8)17(15,16)10-9(5-11)6-12-13-10/h6,8H,2-5,7H2,1H3,(H,12,13). The fourth-order valence-corrected chi connectivity index (χ4v) is 3.64. The van der Waals surface area contributed by atoms with Crippen molar-refractivity contribution in [3.8, 4) is 0 Å². The largest absolute Gasteiger partial charge is 0.266 e. The first-order valence-electron chi connectivity index (χ1n) is 5.68. The Hall–Kier alpha value is -0.590. The number of halogens is 1. The summed E-state index contributed by atoms with van der Waals surface area (Å²) < 4.78 is 26.2. The molecule has 0 radical (unpaired) electrons. The Kier molecular flexibility index (Phi) is 3.75. The molecule has 0 unspecified atom stereocenters. The Labute approximate surface area is 106 Å². The molecule has 1 heterocycles. The Morgan fingerprint density at radius 2 is 2.29 bits per heavy atom. The molecule has 0 aromatic carbocycles. The molecule has 0 aliphatic heterocycles. The molecule has 2 rings (SSSR count). The Morgan fingerprint density at radius 1 is 1.59 bits per heavy atom. The molecule has 1 aromatic rings. The molecule has 1 aromatic heterocycles. The van der Waals surface area contributed by atoms with Crippen LogP contribution in [0.1, 0.15) is 25.3 Å². The van der Waals surface area contributed by atoms with Crippen molar-refractivity contribution in [1.29, 1.82) is 0 Å². The number of aromatic amines is 1. The highest BCUT2D eigenvalue weighted by molar-refractivity contribution is 7.89. The molecular weight excluding hydrogens is 262 g/mol. The van der Waals surface area contributed by atoms with E-state index in [1.165, 1.54) is 10.5 Å². The first-order chi connectivity index (χ1) is 8.09. The minimum absolute atomic E-state index is 0.134. The van der Waals surface area contributed by atoms with Gasteiger partial charge in [-0.05, 0) is 18.8 Å². The summed E-state index contributed by atoms with van der Waals surface area (Å²) in [6.45, 7) is 2.91. The smallest absolute Gasteiger partial charge is 0.260 e.